The minimum atomic E-state index is 0.481. The molecular formula is C17H26N2O2. The van der Waals surface area contributed by atoms with Crippen molar-refractivity contribution in [1.82, 2.24) is 10.2 Å². The zero-order valence-corrected chi connectivity index (χ0v) is 13.7. The van der Waals surface area contributed by atoms with E-state index in [9.17, 15) is 0 Å². The van der Waals surface area contributed by atoms with Gasteiger partial charge < -0.3 is 14.2 Å². The number of nitrogens with one attached hydrogen (secondary N) is 1. The van der Waals surface area contributed by atoms with E-state index in [2.05, 4.69) is 37.2 Å². The van der Waals surface area contributed by atoms with E-state index in [0.29, 0.717) is 6.04 Å². The maximum Gasteiger partial charge on any atom is 0.118 e. The number of nitrogens with zero attached hydrogens (tertiary/aromatic N) is 1. The van der Waals surface area contributed by atoms with Crippen molar-refractivity contribution < 1.29 is 8.83 Å². The second-order valence-corrected chi connectivity index (χ2v) is 6.00. The van der Waals surface area contributed by atoms with Crippen molar-refractivity contribution in [2.75, 3.05) is 7.05 Å². The Kier molecular flexibility index (Phi) is 5.26. The fourth-order valence-electron chi connectivity index (χ4n) is 2.34. The van der Waals surface area contributed by atoms with E-state index >= 15 is 0 Å². The summed E-state index contributed by atoms with van der Waals surface area (Å²) in [4.78, 5) is 2.23. The second kappa shape index (κ2) is 6.96. The van der Waals surface area contributed by atoms with Crippen LogP contribution >= 0.6 is 0 Å². The number of aryl methyl sites for hydroxylation is 2. The van der Waals surface area contributed by atoms with Gasteiger partial charge in [-0.3, -0.25) is 4.90 Å². The molecule has 0 radical (unpaired) electrons. The molecule has 0 unspecified atom stereocenters. The van der Waals surface area contributed by atoms with Gasteiger partial charge in [0.15, 0.2) is 0 Å². The van der Waals surface area contributed by atoms with E-state index in [0.717, 1.165) is 36.9 Å². The van der Waals surface area contributed by atoms with E-state index in [1.807, 2.05) is 19.9 Å². The Balaban J connectivity index is 1.93. The Morgan fingerprint density at radius 1 is 1.14 bits per heavy atom. The van der Waals surface area contributed by atoms with Crippen LogP contribution in [-0.2, 0) is 19.6 Å². The molecule has 2 heterocycles. The maximum atomic E-state index is 5.86. The first-order valence-electron chi connectivity index (χ1n) is 7.48. The van der Waals surface area contributed by atoms with Crippen LogP contribution in [0.2, 0.25) is 0 Å². The van der Waals surface area contributed by atoms with E-state index in [-0.39, 0.29) is 0 Å². The molecule has 1 N–H and O–H groups in total. The summed E-state index contributed by atoms with van der Waals surface area (Å²) < 4.78 is 11.2. The quantitative estimate of drug-likeness (QED) is 0.845. The number of rotatable bonds is 7. The van der Waals surface area contributed by atoms with Gasteiger partial charge in [-0.15, -0.1) is 0 Å². The molecule has 4 nitrogen and oxygen atoms in total. The molecule has 0 aromatic carbocycles. The zero-order valence-electron chi connectivity index (χ0n) is 13.7. The summed E-state index contributed by atoms with van der Waals surface area (Å²) in [6.45, 7) is 10.8. The molecule has 116 valence electrons. The lowest BCUT2D eigenvalue weighted by molar-refractivity contribution is 0.283. The fraction of sp³-hybridized carbons (Fsp3) is 0.529. The summed E-state index contributed by atoms with van der Waals surface area (Å²) in [5.41, 5.74) is 2.47. The maximum absolute atomic E-state index is 5.86. The number of hydrogen-bond acceptors (Lipinski definition) is 4. The van der Waals surface area contributed by atoms with Gasteiger partial charge in [0.2, 0.25) is 0 Å². The highest BCUT2D eigenvalue weighted by molar-refractivity contribution is 5.21. The third-order valence-corrected chi connectivity index (χ3v) is 3.60. The summed E-state index contributed by atoms with van der Waals surface area (Å²) >= 11 is 0. The van der Waals surface area contributed by atoms with Crippen LogP contribution in [0, 0.1) is 13.8 Å². The van der Waals surface area contributed by atoms with Crippen molar-refractivity contribution in [1.29, 1.82) is 0 Å². The molecule has 0 fully saturated rings. The minimum Gasteiger partial charge on any atom is -0.469 e. The van der Waals surface area contributed by atoms with Crippen LogP contribution < -0.4 is 5.32 Å². The number of furan rings is 2. The second-order valence-electron chi connectivity index (χ2n) is 6.00. The summed E-state index contributed by atoms with van der Waals surface area (Å²) in [6.07, 6.45) is 1.74. The molecule has 0 saturated heterocycles. The smallest absolute Gasteiger partial charge is 0.118 e. The molecule has 0 spiro atoms. The van der Waals surface area contributed by atoms with Crippen molar-refractivity contribution in [3.05, 3.63) is 46.8 Å². The monoisotopic (exact) mass is 290 g/mol. The third kappa shape index (κ3) is 4.48. The summed E-state index contributed by atoms with van der Waals surface area (Å²) in [5.74, 6) is 3.00. The molecular weight excluding hydrogens is 264 g/mol. The summed E-state index contributed by atoms with van der Waals surface area (Å²) in [5, 5.41) is 3.43. The Morgan fingerprint density at radius 2 is 1.90 bits per heavy atom. The lowest BCUT2D eigenvalue weighted by Gasteiger charge is -2.14. The van der Waals surface area contributed by atoms with Crippen molar-refractivity contribution in [3.63, 3.8) is 0 Å². The fourth-order valence-corrected chi connectivity index (χ4v) is 2.34. The standard InChI is InChI=1S/C17H26N2O2/c1-12(2)18-9-16-8-17(21-14(16)4)11-19(5)10-15-6-7-20-13(15)3/h6-8,12,18H,9-11H2,1-5H3. The van der Waals surface area contributed by atoms with Gasteiger partial charge in [0, 0.05) is 30.3 Å². The Bertz CT molecular complexity index is 569. The van der Waals surface area contributed by atoms with Gasteiger partial charge in [-0.05, 0) is 33.0 Å². The first-order chi connectivity index (χ1) is 9.95. The molecule has 0 saturated carbocycles. The minimum absolute atomic E-state index is 0.481. The van der Waals surface area contributed by atoms with E-state index < -0.39 is 0 Å². The predicted molar refractivity (Wildman–Crippen MR) is 84.0 cm³/mol. The van der Waals surface area contributed by atoms with Crippen LogP contribution in [0.3, 0.4) is 0 Å². The molecule has 2 aromatic rings. The van der Waals surface area contributed by atoms with Gasteiger partial charge in [-0.25, -0.2) is 0 Å². The van der Waals surface area contributed by atoms with E-state index in [1.165, 1.54) is 11.1 Å². The highest BCUT2D eigenvalue weighted by atomic mass is 16.3. The topological polar surface area (TPSA) is 41.6 Å². The first-order valence-corrected chi connectivity index (χ1v) is 7.48. The molecule has 4 heteroatoms. The molecule has 21 heavy (non-hydrogen) atoms. The molecule has 2 aromatic heterocycles. The van der Waals surface area contributed by atoms with Crippen molar-refractivity contribution in [2.24, 2.45) is 0 Å². The van der Waals surface area contributed by atoms with E-state index in [4.69, 9.17) is 8.83 Å². The van der Waals surface area contributed by atoms with Crippen LogP contribution in [0.25, 0.3) is 0 Å². The molecule has 0 aliphatic rings. The van der Waals surface area contributed by atoms with Crippen molar-refractivity contribution >= 4 is 0 Å². The number of hydrogen-bond donors (Lipinski definition) is 1. The largest absolute Gasteiger partial charge is 0.469 e. The molecule has 0 bridgehead atoms. The van der Waals surface area contributed by atoms with Gasteiger partial charge in [-0.2, -0.15) is 0 Å². The Labute approximate surface area is 127 Å². The van der Waals surface area contributed by atoms with Crippen LogP contribution in [0.1, 0.15) is 42.3 Å². The molecule has 0 amide bonds. The van der Waals surface area contributed by atoms with Crippen LogP contribution in [-0.4, -0.2) is 18.0 Å². The van der Waals surface area contributed by atoms with Crippen LogP contribution in [0.4, 0.5) is 0 Å². The normalized spacial score (nSPS) is 11.8. The summed E-state index contributed by atoms with van der Waals surface area (Å²) in [6, 6.07) is 4.66. The molecule has 0 aliphatic carbocycles. The van der Waals surface area contributed by atoms with Gasteiger partial charge in [0.25, 0.3) is 0 Å². The molecule has 0 aliphatic heterocycles. The van der Waals surface area contributed by atoms with Gasteiger partial charge in [0.1, 0.15) is 17.3 Å². The highest BCUT2D eigenvalue weighted by Gasteiger charge is 2.11. The first kappa shape index (κ1) is 15.9. The third-order valence-electron chi connectivity index (χ3n) is 3.60. The van der Waals surface area contributed by atoms with Gasteiger partial charge >= 0.3 is 0 Å². The lowest BCUT2D eigenvalue weighted by Crippen LogP contribution is -2.21. The highest BCUT2D eigenvalue weighted by Crippen LogP contribution is 2.18. The average molecular weight is 290 g/mol. The molecule has 2 rings (SSSR count). The predicted octanol–water partition coefficient (Wildman–Crippen LogP) is 3.62. The SMILES string of the molecule is Cc1occc1CN(C)Cc1cc(CNC(C)C)c(C)o1. The van der Waals surface area contributed by atoms with Crippen molar-refractivity contribution in [3.8, 4) is 0 Å². The Hall–Kier alpha value is -1.52. The zero-order chi connectivity index (χ0) is 15.4. The van der Waals surface area contributed by atoms with Gasteiger partial charge in [-0.1, -0.05) is 13.8 Å². The molecule has 0 atom stereocenters. The van der Waals surface area contributed by atoms with Crippen molar-refractivity contribution in [2.45, 2.75) is 53.4 Å². The summed E-state index contributed by atoms with van der Waals surface area (Å²) in [7, 11) is 2.09. The van der Waals surface area contributed by atoms with E-state index in [1.54, 1.807) is 6.26 Å². The van der Waals surface area contributed by atoms with Gasteiger partial charge in [0.05, 0.1) is 12.8 Å². The average Bonchev–Trinajstić information content (AvgIpc) is 2.94. The van der Waals surface area contributed by atoms with Crippen LogP contribution in [0.15, 0.2) is 27.2 Å². The Morgan fingerprint density at radius 3 is 2.52 bits per heavy atom. The lowest BCUT2D eigenvalue weighted by atomic mass is 10.2. The van der Waals surface area contributed by atoms with Crippen LogP contribution in [0.5, 0.6) is 0 Å².